The Kier molecular flexibility index (Phi) is 9.79. The van der Waals surface area contributed by atoms with Crippen LogP contribution in [0.3, 0.4) is 0 Å². The number of phenols is 1. The van der Waals surface area contributed by atoms with Gasteiger partial charge in [-0.25, -0.2) is 5.43 Å². The minimum atomic E-state index is -0.583. The number of hydrazone groups is 1. The fourth-order valence-corrected chi connectivity index (χ4v) is 1.32. The second kappa shape index (κ2) is 11.0. The maximum Gasteiger partial charge on any atom is 2.00 e. The van der Waals surface area contributed by atoms with E-state index in [1.54, 1.807) is 36.4 Å². The fourth-order valence-electron chi connectivity index (χ4n) is 1.32. The van der Waals surface area contributed by atoms with E-state index < -0.39 is 5.97 Å². The van der Waals surface area contributed by atoms with E-state index >= 15 is 0 Å². The van der Waals surface area contributed by atoms with Gasteiger partial charge in [-0.15, -0.1) is 0 Å². The number of carbonyl (C=O) groups is 2. The molecule has 4 N–H and O–H groups in total. The van der Waals surface area contributed by atoms with Crippen LogP contribution in [-0.2, 0) is 24.3 Å². The number of hydrogen-bond acceptors (Lipinski definition) is 5. The van der Waals surface area contributed by atoms with Crippen molar-refractivity contribution >= 4 is 18.1 Å². The summed E-state index contributed by atoms with van der Waals surface area (Å²) in [6, 6.07) is 9.90. The van der Waals surface area contributed by atoms with Crippen molar-refractivity contribution < 1.29 is 39.3 Å². The first kappa shape index (κ1) is 20.4. The zero-order valence-corrected chi connectivity index (χ0v) is 15.5. The molecule has 114 valence electrons. The number of para-hydroxylation sites is 1. The summed E-state index contributed by atoms with van der Waals surface area (Å²) >= 11 is 0. The number of nitrogens with zero attached hydrogens (tertiary/aromatic N) is 2. The van der Waals surface area contributed by atoms with Crippen molar-refractivity contribution in [2.75, 3.05) is 0 Å². The van der Waals surface area contributed by atoms with Gasteiger partial charge in [0, 0.05) is 28.3 Å². The van der Waals surface area contributed by atoms with E-state index in [2.05, 4.69) is 15.5 Å². The van der Waals surface area contributed by atoms with Crippen molar-refractivity contribution in [1.82, 2.24) is 10.4 Å². The molecule has 0 fully saturated rings. The van der Waals surface area contributed by atoms with Crippen molar-refractivity contribution in [3.05, 3.63) is 59.9 Å². The standard InChI is InChI=1S/C13H11N3O2.C2H4O2.Zn/c17-12-4-2-1-3-11(12)9-15-16-13(18)10-5-7-14-8-6-10;1-2(3)4;/h1-9,17H,(H,16,18);1H3,(H,3,4);/q;;+2/p+1/b15-9+;;. The zero-order valence-electron chi connectivity index (χ0n) is 12.6. The Labute approximate surface area is 145 Å². The SMILES string of the molecule is CC(=O)[OH2+].O=C(N/N=C/c1ccccc1O)c1ccncc1.[Zn+2]. The van der Waals surface area contributed by atoms with Gasteiger partial charge in [0.2, 0.25) is 0 Å². The van der Waals surface area contributed by atoms with Crippen LogP contribution >= 0.6 is 0 Å². The van der Waals surface area contributed by atoms with Gasteiger partial charge in [0.15, 0.2) is 0 Å². The van der Waals surface area contributed by atoms with Gasteiger partial charge >= 0.3 is 25.4 Å². The molecule has 0 aliphatic heterocycles. The number of pyridine rings is 1. The Morgan fingerprint density at radius 2 is 1.78 bits per heavy atom. The first-order chi connectivity index (χ1) is 10.5. The van der Waals surface area contributed by atoms with Crippen molar-refractivity contribution in [2.24, 2.45) is 5.10 Å². The quantitative estimate of drug-likeness (QED) is 0.361. The van der Waals surface area contributed by atoms with Gasteiger partial charge in [-0.3, -0.25) is 9.78 Å². The van der Waals surface area contributed by atoms with Crippen molar-refractivity contribution in [1.29, 1.82) is 0 Å². The number of benzene rings is 1. The number of carbonyl (C=O) groups excluding carboxylic acids is 2. The van der Waals surface area contributed by atoms with E-state index in [0.717, 1.165) is 0 Å². The van der Waals surface area contributed by atoms with Crippen LogP contribution in [0.4, 0.5) is 0 Å². The van der Waals surface area contributed by atoms with E-state index in [4.69, 9.17) is 9.90 Å². The molecule has 7 nitrogen and oxygen atoms in total. The van der Waals surface area contributed by atoms with Gasteiger partial charge in [0.25, 0.3) is 5.91 Å². The largest absolute Gasteiger partial charge is 2.00 e. The van der Waals surface area contributed by atoms with Gasteiger partial charge in [-0.1, -0.05) is 12.1 Å². The molecule has 8 heteroatoms. The van der Waals surface area contributed by atoms with Crippen LogP contribution in [0.15, 0.2) is 53.9 Å². The van der Waals surface area contributed by atoms with Crippen LogP contribution in [-0.4, -0.2) is 33.3 Å². The second-order valence-corrected chi connectivity index (χ2v) is 4.05. The van der Waals surface area contributed by atoms with Gasteiger partial charge in [0.1, 0.15) is 5.75 Å². The molecule has 0 saturated carbocycles. The fraction of sp³-hybridized carbons (Fsp3) is 0.0667. The summed E-state index contributed by atoms with van der Waals surface area (Å²) in [7, 11) is 0. The molecule has 2 rings (SSSR count). The van der Waals surface area contributed by atoms with Crippen LogP contribution in [0, 0.1) is 0 Å². The first-order valence-corrected chi connectivity index (χ1v) is 6.24. The molecular weight excluding hydrogens is 352 g/mol. The van der Waals surface area contributed by atoms with Crippen molar-refractivity contribution in [2.45, 2.75) is 6.92 Å². The maximum absolute atomic E-state index is 11.6. The van der Waals surface area contributed by atoms with E-state index in [1.807, 2.05) is 0 Å². The van der Waals surface area contributed by atoms with Gasteiger partial charge in [0.05, 0.1) is 13.1 Å². The number of phenolic OH excluding ortho intramolecular Hbond substituents is 1. The van der Waals surface area contributed by atoms with Crippen LogP contribution in [0.25, 0.3) is 0 Å². The Hall–Kier alpha value is -2.60. The minimum Gasteiger partial charge on any atom is -0.565 e. The molecule has 1 amide bonds. The number of aromatic hydroxyl groups is 1. The molecule has 1 aromatic carbocycles. The third kappa shape index (κ3) is 8.43. The van der Waals surface area contributed by atoms with Crippen molar-refractivity contribution in [3.63, 3.8) is 0 Å². The molecule has 0 radical (unpaired) electrons. The molecule has 0 spiro atoms. The maximum atomic E-state index is 11.6. The van der Waals surface area contributed by atoms with Crippen LogP contribution in [0.1, 0.15) is 22.8 Å². The summed E-state index contributed by atoms with van der Waals surface area (Å²) < 4.78 is 0. The minimum absolute atomic E-state index is 0. The molecule has 23 heavy (non-hydrogen) atoms. The second-order valence-electron chi connectivity index (χ2n) is 4.05. The summed E-state index contributed by atoms with van der Waals surface area (Å²) in [5.74, 6) is -0.802. The smallest absolute Gasteiger partial charge is 0.565 e. The number of nitrogens with one attached hydrogen (secondary N) is 1. The van der Waals surface area contributed by atoms with Gasteiger partial charge in [-0.2, -0.15) is 5.10 Å². The Balaban J connectivity index is 0.000000871. The summed E-state index contributed by atoms with van der Waals surface area (Å²) in [6.07, 6.45) is 4.44. The monoisotopic (exact) mass is 366 g/mol. The first-order valence-electron chi connectivity index (χ1n) is 6.24. The zero-order chi connectivity index (χ0) is 16.4. The van der Waals surface area contributed by atoms with E-state index in [0.29, 0.717) is 11.1 Å². The van der Waals surface area contributed by atoms with E-state index in [1.165, 1.54) is 25.5 Å². The molecule has 1 aromatic heterocycles. The van der Waals surface area contributed by atoms with Crippen LogP contribution < -0.4 is 5.43 Å². The topological polar surface area (TPSA) is 115 Å². The molecule has 1 heterocycles. The van der Waals surface area contributed by atoms with Crippen LogP contribution in [0.2, 0.25) is 0 Å². The molecular formula is C15H16N3O4Zn+3. The third-order valence-corrected chi connectivity index (χ3v) is 2.25. The number of rotatable bonds is 3. The van der Waals surface area contributed by atoms with E-state index in [9.17, 15) is 9.90 Å². The Morgan fingerprint density at radius 1 is 1.22 bits per heavy atom. The molecule has 0 aliphatic rings. The predicted molar refractivity (Wildman–Crippen MR) is 81.7 cm³/mol. The van der Waals surface area contributed by atoms with E-state index in [-0.39, 0.29) is 31.1 Å². The summed E-state index contributed by atoms with van der Waals surface area (Å²) in [6.45, 7) is 1.19. The molecule has 0 unspecified atom stereocenters. The summed E-state index contributed by atoms with van der Waals surface area (Å²) in [5, 5.41) is 19.2. The summed E-state index contributed by atoms with van der Waals surface area (Å²) in [4.78, 5) is 24.5. The normalized spacial score (nSPS) is 9.26. The third-order valence-electron chi connectivity index (χ3n) is 2.25. The van der Waals surface area contributed by atoms with Gasteiger partial charge in [-0.05, 0) is 24.3 Å². The summed E-state index contributed by atoms with van der Waals surface area (Å²) in [5.41, 5.74) is 3.37. The number of hydrogen-bond donors (Lipinski definition) is 2. The van der Waals surface area contributed by atoms with Crippen LogP contribution in [0.5, 0.6) is 5.75 Å². The predicted octanol–water partition coefficient (Wildman–Crippen LogP) is 0.806. The average molecular weight is 368 g/mol. The number of amides is 1. The molecule has 0 aliphatic carbocycles. The Bertz CT molecular complexity index is 659. The van der Waals surface area contributed by atoms with Crippen molar-refractivity contribution in [3.8, 4) is 5.75 Å². The number of aromatic nitrogens is 1. The van der Waals surface area contributed by atoms with Gasteiger partial charge < -0.3 is 10.2 Å². The molecule has 0 saturated heterocycles. The molecule has 0 bridgehead atoms. The molecule has 0 atom stereocenters. The average Bonchev–Trinajstić information content (AvgIpc) is 2.49. The Morgan fingerprint density at radius 3 is 2.35 bits per heavy atom. The molecule has 2 aromatic rings.